The predicted molar refractivity (Wildman–Crippen MR) is 114 cm³/mol. The molecule has 1 fully saturated rings. The second-order valence-electron chi connectivity index (χ2n) is 7.33. The lowest BCUT2D eigenvalue weighted by Gasteiger charge is -2.33. The first kappa shape index (κ1) is 22.7. The third-order valence-electron chi connectivity index (χ3n) is 4.88. The number of hydrogen-bond acceptors (Lipinski definition) is 4. The summed E-state index contributed by atoms with van der Waals surface area (Å²) in [4.78, 5) is 32.2. The number of piperidine rings is 1. The molecule has 1 aromatic rings. The first-order chi connectivity index (χ1) is 14.0. The summed E-state index contributed by atoms with van der Waals surface area (Å²) in [5.74, 6) is 0.740. The van der Waals surface area contributed by atoms with E-state index in [2.05, 4.69) is 15.6 Å². The average molecular weight is 404 g/mol. The number of carbonyl (C=O) groups excluding carboxylic acids is 2. The van der Waals surface area contributed by atoms with Crippen molar-refractivity contribution in [1.29, 1.82) is 0 Å². The number of likely N-dealkylation sites (N-methyl/N-ethyl adjacent to an activating group) is 1. The van der Waals surface area contributed by atoms with Crippen LogP contribution in [0, 0.1) is 0 Å². The number of aliphatic imine (C=N–C) groups is 1. The molecule has 8 nitrogen and oxygen atoms in total. The van der Waals surface area contributed by atoms with Gasteiger partial charge in [0.15, 0.2) is 5.96 Å². The Balaban J connectivity index is 1.91. The monoisotopic (exact) mass is 403 g/mol. The molecule has 2 amide bonds. The highest BCUT2D eigenvalue weighted by Gasteiger charge is 2.23. The summed E-state index contributed by atoms with van der Waals surface area (Å²) in [6.07, 6.45) is 2.10. The van der Waals surface area contributed by atoms with Gasteiger partial charge >= 0.3 is 0 Å². The van der Waals surface area contributed by atoms with E-state index in [1.165, 1.54) is 0 Å². The number of nitrogens with one attached hydrogen (secondary N) is 2. The summed E-state index contributed by atoms with van der Waals surface area (Å²) in [6, 6.07) is 10.2. The van der Waals surface area contributed by atoms with Gasteiger partial charge < -0.3 is 25.2 Å². The molecule has 1 aliphatic rings. The first-order valence-electron chi connectivity index (χ1n) is 10.0. The van der Waals surface area contributed by atoms with E-state index in [9.17, 15) is 9.59 Å². The Labute approximate surface area is 173 Å². The molecule has 0 aliphatic carbocycles. The average Bonchev–Trinajstić information content (AvgIpc) is 2.74. The lowest BCUT2D eigenvalue weighted by Crippen LogP contribution is -2.51. The molecule has 0 radical (unpaired) electrons. The molecule has 1 aliphatic heterocycles. The molecular formula is C21H33N5O3. The van der Waals surface area contributed by atoms with Crippen LogP contribution in [0.4, 0.5) is 0 Å². The van der Waals surface area contributed by atoms with Gasteiger partial charge in [-0.25, -0.2) is 4.99 Å². The topological polar surface area (TPSA) is 86.3 Å². The maximum absolute atomic E-state index is 12.1. The van der Waals surface area contributed by atoms with Crippen molar-refractivity contribution < 1.29 is 14.3 Å². The Morgan fingerprint density at radius 3 is 2.52 bits per heavy atom. The fraction of sp³-hybridized carbons (Fsp3) is 0.571. The molecule has 1 heterocycles. The van der Waals surface area contributed by atoms with Crippen LogP contribution in [0.25, 0.3) is 0 Å². The van der Waals surface area contributed by atoms with Gasteiger partial charge in [0.25, 0.3) is 0 Å². The highest BCUT2D eigenvalue weighted by molar-refractivity contribution is 5.86. The van der Waals surface area contributed by atoms with Crippen LogP contribution in [0.2, 0.25) is 0 Å². The number of benzene rings is 1. The quantitative estimate of drug-likeness (QED) is 0.496. The fourth-order valence-corrected chi connectivity index (χ4v) is 3.04. The lowest BCUT2D eigenvalue weighted by molar-refractivity contribution is -0.133. The van der Waals surface area contributed by atoms with E-state index in [1.807, 2.05) is 35.2 Å². The maximum Gasteiger partial charge on any atom is 0.241 e. The number of nitrogens with zero attached hydrogens (tertiary/aromatic N) is 3. The third-order valence-corrected chi connectivity index (χ3v) is 4.88. The van der Waals surface area contributed by atoms with Crippen molar-refractivity contribution in [3.8, 4) is 0 Å². The molecule has 0 unspecified atom stereocenters. The van der Waals surface area contributed by atoms with Gasteiger partial charge in [-0.05, 0) is 18.4 Å². The minimum atomic E-state index is -0.0160. The van der Waals surface area contributed by atoms with Crippen LogP contribution in [-0.2, 0) is 20.9 Å². The molecule has 0 bridgehead atoms. The van der Waals surface area contributed by atoms with Crippen LogP contribution < -0.4 is 10.6 Å². The molecule has 0 aromatic heterocycles. The Kier molecular flexibility index (Phi) is 9.43. The van der Waals surface area contributed by atoms with Gasteiger partial charge in [-0.15, -0.1) is 0 Å². The van der Waals surface area contributed by atoms with E-state index in [-0.39, 0.29) is 24.4 Å². The van der Waals surface area contributed by atoms with E-state index in [1.54, 1.807) is 26.1 Å². The zero-order valence-electron chi connectivity index (χ0n) is 17.7. The Hall–Kier alpha value is -2.61. The molecule has 8 heteroatoms. The number of methoxy groups -OCH3 is 1. The summed E-state index contributed by atoms with van der Waals surface area (Å²) >= 11 is 0. The Morgan fingerprint density at radius 1 is 1.21 bits per heavy atom. The summed E-state index contributed by atoms with van der Waals surface area (Å²) in [5, 5.41) is 6.56. The molecule has 0 atom stereocenters. The maximum atomic E-state index is 12.1. The van der Waals surface area contributed by atoms with Crippen LogP contribution in [0.15, 0.2) is 35.3 Å². The summed E-state index contributed by atoms with van der Waals surface area (Å²) < 4.78 is 4.99. The molecule has 29 heavy (non-hydrogen) atoms. The number of ether oxygens (including phenoxy) is 1. The number of hydrogen-bond donors (Lipinski definition) is 2. The van der Waals surface area contributed by atoms with Crippen molar-refractivity contribution in [3.63, 3.8) is 0 Å². The van der Waals surface area contributed by atoms with E-state index in [0.717, 1.165) is 18.4 Å². The Morgan fingerprint density at radius 2 is 1.90 bits per heavy atom. The van der Waals surface area contributed by atoms with E-state index in [4.69, 9.17) is 4.74 Å². The molecule has 0 saturated carbocycles. The second kappa shape index (κ2) is 12.1. The normalized spacial score (nSPS) is 15.1. The summed E-state index contributed by atoms with van der Waals surface area (Å²) in [7, 11) is 5.07. The lowest BCUT2D eigenvalue weighted by atomic mass is 10.0. The van der Waals surface area contributed by atoms with Crippen LogP contribution >= 0.6 is 0 Å². The molecule has 1 saturated heterocycles. The SMILES string of the molecule is COCCC(=O)N1CCC(NC(=NCc2ccccc2)NCC(=O)N(C)C)CC1. The predicted octanol–water partition coefficient (Wildman–Crippen LogP) is 0.838. The van der Waals surface area contributed by atoms with E-state index in [0.29, 0.717) is 38.6 Å². The second-order valence-corrected chi connectivity index (χ2v) is 7.33. The molecule has 1 aromatic carbocycles. The number of rotatable bonds is 8. The number of carbonyl (C=O) groups is 2. The van der Waals surface area contributed by atoms with Crippen molar-refractivity contribution in [2.24, 2.45) is 4.99 Å². The standard InChI is InChI=1S/C21H33N5O3/c1-25(2)20(28)16-23-21(22-15-17-7-5-4-6-8-17)24-18-9-12-26(13-10-18)19(27)11-14-29-3/h4-8,18H,9-16H2,1-3H3,(H2,22,23,24). The van der Waals surface area contributed by atoms with Gasteiger partial charge in [-0.3, -0.25) is 9.59 Å². The number of likely N-dealkylation sites (tertiary alicyclic amines) is 1. The van der Waals surface area contributed by atoms with Gasteiger partial charge in [-0.1, -0.05) is 30.3 Å². The van der Waals surface area contributed by atoms with Gasteiger partial charge in [0.2, 0.25) is 11.8 Å². The highest BCUT2D eigenvalue weighted by atomic mass is 16.5. The molecular weight excluding hydrogens is 370 g/mol. The molecule has 2 N–H and O–H groups in total. The summed E-state index contributed by atoms with van der Waals surface area (Å²) in [5.41, 5.74) is 1.10. The van der Waals surface area contributed by atoms with Crippen LogP contribution in [0.5, 0.6) is 0 Å². The van der Waals surface area contributed by atoms with E-state index < -0.39 is 0 Å². The zero-order chi connectivity index (χ0) is 21.1. The molecule has 2 rings (SSSR count). The molecule has 160 valence electrons. The largest absolute Gasteiger partial charge is 0.384 e. The number of amides is 2. The van der Waals surface area contributed by atoms with Crippen molar-refractivity contribution in [2.45, 2.75) is 31.8 Å². The van der Waals surface area contributed by atoms with Gasteiger partial charge in [0.05, 0.1) is 26.1 Å². The fourth-order valence-electron chi connectivity index (χ4n) is 3.04. The van der Waals surface area contributed by atoms with Crippen molar-refractivity contribution >= 4 is 17.8 Å². The van der Waals surface area contributed by atoms with Crippen LogP contribution in [0.3, 0.4) is 0 Å². The van der Waals surface area contributed by atoms with Crippen LogP contribution in [-0.4, -0.2) is 81.1 Å². The number of guanidine groups is 1. The third kappa shape index (κ3) is 8.11. The minimum absolute atomic E-state index is 0.0160. The van der Waals surface area contributed by atoms with Gasteiger partial charge in [0, 0.05) is 40.3 Å². The Bertz CT molecular complexity index is 670. The van der Waals surface area contributed by atoms with Crippen molar-refractivity contribution in [2.75, 3.05) is 47.4 Å². The summed E-state index contributed by atoms with van der Waals surface area (Å²) in [6.45, 7) is 2.59. The van der Waals surface area contributed by atoms with Gasteiger partial charge in [-0.2, -0.15) is 0 Å². The zero-order valence-corrected chi connectivity index (χ0v) is 17.7. The minimum Gasteiger partial charge on any atom is -0.384 e. The van der Waals surface area contributed by atoms with Crippen molar-refractivity contribution in [1.82, 2.24) is 20.4 Å². The highest BCUT2D eigenvalue weighted by Crippen LogP contribution is 2.12. The van der Waals surface area contributed by atoms with Gasteiger partial charge in [0.1, 0.15) is 0 Å². The smallest absolute Gasteiger partial charge is 0.241 e. The van der Waals surface area contributed by atoms with Crippen molar-refractivity contribution in [3.05, 3.63) is 35.9 Å². The first-order valence-corrected chi connectivity index (χ1v) is 10.0. The van der Waals surface area contributed by atoms with E-state index >= 15 is 0 Å². The van der Waals surface area contributed by atoms with Crippen LogP contribution in [0.1, 0.15) is 24.8 Å². The molecule has 0 spiro atoms.